The first kappa shape index (κ1) is 8.46. The van der Waals surface area contributed by atoms with Crippen molar-refractivity contribution in [2.45, 2.75) is 6.42 Å². The van der Waals surface area contributed by atoms with Crippen LogP contribution in [0, 0.1) is 0 Å². The van der Waals surface area contributed by atoms with Crippen molar-refractivity contribution in [3.05, 3.63) is 36.1 Å². The molecule has 12 heavy (non-hydrogen) atoms. The molecule has 0 aromatic rings. The number of carbonyl (C=O) groups is 2. The Morgan fingerprint density at radius 2 is 1.92 bits per heavy atom. The average Bonchev–Trinajstić information content (AvgIpc) is 2.06. The third-order valence-electron chi connectivity index (χ3n) is 1.62. The molecule has 1 aliphatic rings. The van der Waals surface area contributed by atoms with E-state index < -0.39 is 0 Å². The molecule has 3 heteroatoms. The smallest absolute Gasteiger partial charge is 0.202 e. The monoisotopic (exact) mass is 163 g/mol. The summed E-state index contributed by atoms with van der Waals surface area (Å²) in [6.07, 6.45) is 4.31. The Balaban J connectivity index is 3.05. The lowest BCUT2D eigenvalue weighted by atomic mass is 9.98. The molecule has 0 spiro atoms. The van der Waals surface area contributed by atoms with E-state index in [1.54, 1.807) is 6.08 Å². The maximum atomic E-state index is 11.1. The van der Waals surface area contributed by atoms with Crippen LogP contribution >= 0.6 is 0 Å². The topological polar surface area (TPSA) is 60.2 Å². The van der Waals surface area contributed by atoms with E-state index in [1.807, 2.05) is 0 Å². The van der Waals surface area contributed by atoms with E-state index in [2.05, 4.69) is 6.58 Å². The molecule has 1 aliphatic carbocycles. The van der Waals surface area contributed by atoms with Gasteiger partial charge in [-0.05, 0) is 18.6 Å². The Labute approximate surface area is 70.2 Å². The molecule has 1 rings (SSSR count). The minimum atomic E-state index is -0.300. The standard InChI is InChI=1S/C9H9NO2/c1-2-3-6-7(11)4-5-8(12)9(6)10/h2,4-5H,1,3,10H2. The van der Waals surface area contributed by atoms with Crippen LogP contribution in [0.1, 0.15) is 6.42 Å². The van der Waals surface area contributed by atoms with Crippen molar-refractivity contribution in [3.63, 3.8) is 0 Å². The Morgan fingerprint density at radius 1 is 1.33 bits per heavy atom. The van der Waals surface area contributed by atoms with E-state index in [4.69, 9.17) is 5.73 Å². The minimum absolute atomic E-state index is 0.0439. The summed E-state index contributed by atoms with van der Waals surface area (Å²) < 4.78 is 0. The molecule has 0 amide bonds. The molecule has 3 nitrogen and oxygen atoms in total. The summed E-state index contributed by atoms with van der Waals surface area (Å²) in [6, 6.07) is 0. The van der Waals surface area contributed by atoms with Gasteiger partial charge in [-0.3, -0.25) is 9.59 Å². The molecule has 62 valence electrons. The Bertz CT molecular complexity index is 310. The second-order valence-corrected chi connectivity index (χ2v) is 2.45. The second-order valence-electron chi connectivity index (χ2n) is 2.45. The second kappa shape index (κ2) is 3.17. The van der Waals surface area contributed by atoms with Crippen LogP contribution < -0.4 is 5.73 Å². The summed E-state index contributed by atoms with van der Waals surface area (Å²) in [5, 5.41) is 0. The molecular formula is C9H9NO2. The van der Waals surface area contributed by atoms with Gasteiger partial charge in [-0.1, -0.05) is 6.08 Å². The molecule has 0 saturated heterocycles. The van der Waals surface area contributed by atoms with Gasteiger partial charge in [-0.15, -0.1) is 6.58 Å². The van der Waals surface area contributed by atoms with Gasteiger partial charge in [-0.25, -0.2) is 0 Å². The van der Waals surface area contributed by atoms with Gasteiger partial charge in [0.1, 0.15) is 0 Å². The molecule has 0 unspecified atom stereocenters. The lowest BCUT2D eigenvalue weighted by Crippen LogP contribution is -2.20. The highest BCUT2D eigenvalue weighted by Gasteiger charge is 2.18. The lowest BCUT2D eigenvalue weighted by Gasteiger charge is -2.08. The van der Waals surface area contributed by atoms with Crippen LogP contribution in [0.5, 0.6) is 0 Å². The Morgan fingerprint density at radius 3 is 2.50 bits per heavy atom. The number of carbonyl (C=O) groups excluding carboxylic acids is 2. The van der Waals surface area contributed by atoms with Gasteiger partial charge in [0, 0.05) is 5.57 Å². The van der Waals surface area contributed by atoms with E-state index in [0.29, 0.717) is 12.0 Å². The highest BCUT2D eigenvalue weighted by molar-refractivity contribution is 6.19. The predicted molar refractivity (Wildman–Crippen MR) is 45.2 cm³/mol. The first-order valence-electron chi connectivity index (χ1n) is 3.53. The quantitative estimate of drug-likeness (QED) is 0.476. The zero-order chi connectivity index (χ0) is 9.14. The maximum absolute atomic E-state index is 11.1. The number of hydrogen-bond donors (Lipinski definition) is 1. The zero-order valence-corrected chi connectivity index (χ0v) is 6.54. The molecule has 0 aromatic heterocycles. The van der Waals surface area contributed by atoms with E-state index in [1.165, 1.54) is 12.2 Å². The molecule has 0 heterocycles. The molecule has 0 atom stereocenters. The highest BCUT2D eigenvalue weighted by Crippen LogP contribution is 2.13. The van der Waals surface area contributed by atoms with Crippen LogP contribution in [-0.4, -0.2) is 11.6 Å². The molecular weight excluding hydrogens is 154 g/mol. The number of allylic oxidation sites excluding steroid dienone is 4. The van der Waals surface area contributed by atoms with E-state index in [9.17, 15) is 9.59 Å². The van der Waals surface area contributed by atoms with Crippen molar-refractivity contribution < 1.29 is 9.59 Å². The Kier molecular flexibility index (Phi) is 2.24. The van der Waals surface area contributed by atoms with Crippen LogP contribution in [0.15, 0.2) is 36.1 Å². The SMILES string of the molecule is C=CCC1=C(N)C(=O)C=CC1=O. The number of ketones is 2. The van der Waals surface area contributed by atoms with Crippen LogP contribution in [-0.2, 0) is 9.59 Å². The third kappa shape index (κ3) is 1.34. The van der Waals surface area contributed by atoms with Crippen molar-refractivity contribution in [1.82, 2.24) is 0 Å². The van der Waals surface area contributed by atoms with Crippen molar-refractivity contribution in [2.75, 3.05) is 0 Å². The fourth-order valence-electron chi connectivity index (χ4n) is 0.978. The van der Waals surface area contributed by atoms with Gasteiger partial charge in [0.15, 0.2) is 5.78 Å². The van der Waals surface area contributed by atoms with Crippen molar-refractivity contribution in [1.29, 1.82) is 0 Å². The minimum Gasteiger partial charge on any atom is -0.395 e. The van der Waals surface area contributed by atoms with Crippen LogP contribution in [0.2, 0.25) is 0 Å². The maximum Gasteiger partial charge on any atom is 0.202 e. The van der Waals surface area contributed by atoms with E-state index >= 15 is 0 Å². The summed E-state index contributed by atoms with van der Waals surface area (Å²) in [7, 11) is 0. The summed E-state index contributed by atoms with van der Waals surface area (Å²) in [5.41, 5.74) is 5.80. The fourth-order valence-corrected chi connectivity index (χ4v) is 0.978. The summed E-state index contributed by atoms with van der Waals surface area (Å²) in [5.74, 6) is -0.501. The largest absolute Gasteiger partial charge is 0.395 e. The van der Waals surface area contributed by atoms with Crippen LogP contribution in [0.4, 0.5) is 0 Å². The number of rotatable bonds is 2. The number of hydrogen-bond acceptors (Lipinski definition) is 3. The van der Waals surface area contributed by atoms with E-state index in [-0.39, 0.29) is 17.3 Å². The molecule has 0 radical (unpaired) electrons. The van der Waals surface area contributed by atoms with Crippen LogP contribution in [0.3, 0.4) is 0 Å². The summed E-state index contributed by atoms with van der Waals surface area (Å²) >= 11 is 0. The normalized spacial score (nSPS) is 17.0. The molecule has 0 saturated carbocycles. The van der Waals surface area contributed by atoms with Gasteiger partial charge >= 0.3 is 0 Å². The van der Waals surface area contributed by atoms with Crippen molar-refractivity contribution in [3.8, 4) is 0 Å². The summed E-state index contributed by atoms with van der Waals surface area (Å²) in [4.78, 5) is 22.1. The molecule has 0 aliphatic heterocycles. The fraction of sp³-hybridized carbons (Fsp3) is 0.111. The van der Waals surface area contributed by atoms with Crippen LogP contribution in [0.25, 0.3) is 0 Å². The van der Waals surface area contributed by atoms with E-state index in [0.717, 1.165) is 0 Å². The van der Waals surface area contributed by atoms with Gasteiger partial charge in [0.2, 0.25) is 5.78 Å². The first-order valence-corrected chi connectivity index (χ1v) is 3.53. The molecule has 0 bridgehead atoms. The molecule has 0 aromatic carbocycles. The Hall–Kier alpha value is -1.64. The molecule has 0 fully saturated rings. The van der Waals surface area contributed by atoms with Gasteiger partial charge < -0.3 is 5.73 Å². The van der Waals surface area contributed by atoms with Gasteiger partial charge in [0.25, 0.3) is 0 Å². The third-order valence-corrected chi connectivity index (χ3v) is 1.62. The summed E-state index contributed by atoms with van der Waals surface area (Å²) in [6.45, 7) is 3.47. The lowest BCUT2D eigenvalue weighted by molar-refractivity contribution is -0.115. The molecule has 2 N–H and O–H groups in total. The van der Waals surface area contributed by atoms with Gasteiger partial charge in [0.05, 0.1) is 5.70 Å². The van der Waals surface area contributed by atoms with Crippen molar-refractivity contribution in [2.24, 2.45) is 5.73 Å². The predicted octanol–water partition coefficient (Wildman–Crippen LogP) is 0.483. The number of nitrogens with two attached hydrogens (primary N) is 1. The zero-order valence-electron chi connectivity index (χ0n) is 6.54. The first-order chi connectivity index (χ1) is 5.66. The van der Waals surface area contributed by atoms with Crippen molar-refractivity contribution >= 4 is 11.6 Å². The van der Waals surface area contributed by atoms with Gasteiger partial charge in [-0.2, -0.15) is 0 Å². The average molecular weight is 163 g/mol. The highest BCUT2D eigenvalue weighted by atomic mass is 16.1.